The van der Waals surface area contributed by atoms with Crippen LogP contribution in [-0.4, -0.2) is 56.2 Å². The molecule has 0 atom stereocenters. The number of nitrogens with zero attached hydrogens (tertiary/aromatic N) is 3. The molecule has 0 aliphatic heterocycles. The summed E-state index contributed by atoms with van der Waals surface area (Å²) in [7, 11) is 0. The van der Waals surface area contributed by atoms with Gasteiger partial charge in [-0.3, -0.25) is 0 Å². The highest BCUT2D eigenvalue weighted by Crippen LogP contribution is 2.22. The van der Waals surface area contributed by atoms with Crippen LogP contribution < -0.4 is 11.1 Å². The van der Waals surface area contributed by atoms with Crippen LogP contribution in [0.2, 0.25) is 0 Å². The normalized spacial score (nSPS) is 12.9. The number of nitrogens with one attached hydrogen (secondary N) is 1. The first-order chi connectivity index (χ1) is 14.3. The first-order valence-corrected chi connectivity index (χ1v) is 10.8. The summed E-state index contributed by atoms with van der Waals surface area (Å²) in [5, 5.41) is 10.6. The van der Waals surface area contributed by atoms with Crippen molar-refractivity contribution in [2.45, 2.75) is 104 Å². The zero-order valence-corrected chi connectivity index (χ0v) is 20.9. The number of aromatic nitrogens is 3. The number of hydrogen-bond donors (Lipinski definition) is 2. The lowest BCUT2D eigenvalue weighted by molar-refractivity contribution is -0.177. The number of rotatable bonds is 7. The molecule has 0 unspecified atom stereocenters. The zero-order valence-electron chi connectivity index (χ0n) is 20.9. The molecule has 0 aliphatic carbocycles. The van der Waals surface area contributed by atoms with Gasteiger partial charge in [0, 0.05) is 12.0 Å². The molecule has 0 radical (unpaired) electrons. The lowest BCUT2D eigenvalue weighted by atomic mass is 9.93. The van der Waals surface area contributed by atoms with Crippen LogP contribution in [0.25, 0.3) is 0 Å². The Morgan fingerprint density at radius 2 is 1.44 bits per heavy atom. The molecule has 10 nitrogen and oxygen atoms in total. The average Bonchev–Trinajstić information content (AvgIpc) is 3.08. The van der Waals surface area contributed by atoms with Crippen molar-refractivity contribution in [2.75, 3.05) is 6.54 Å². The summed E-state index contributed by atoms with van der Waals surface area (Å²) in [6.45, 7) is 16.4. The molecule has 1 heterocycles. The fraction of sp³-hybridized carbons (Fsp3) is 0.773. The number of carbonyl (C=O) groups is 3. The molecular formula is C22H39N5O5. The molecule has 0 saturated carbocycles. The van der Waals surface area contributed by atoms with Gasteiger partial charge in [0.25, 0.3) is 0 Å². The molecule has 0 saturated heterocycles. The first kappa shape index (κ1) is 27.5. The molecule has 3 N–H and O–H groups in total. The second-order valence-electron chi connectivity index (χ2n) is 11.0. The average molecular weight is 454 g/mol. The topological polar surface area (TPSA) is 138 Å². The number of nitrogens with two attached hydrogens (primary N) is 1. The van der Waals surface area contributed by atoms with Crippen LogP contribution in [0.15, 0.2) is 6.20 Å². The van der Waals surface area contributed by atoms with E-state index in [-0.39, 0.29) is 11.8 Å². The number of carbonyl (C=O) groups excluding carboxylic acids is 3. The predicted molar refractivity (Wildman–Crippen MR) is 120 cm³/mol. The Kier molecular flexibility index (Phi) is 8.59. The number of amides is 1. The van der Waals surface area contributed by atoms with E-state index in [1.165, 1.54) is 0 Å². The third-order valence-corrected chi connectivity index (χ3v) is 4.27. The molecule has 32 heavy (non-hydrogen) atoms. The smallest absolute Gasteiger partial charge is 0.343 e. The lowest BCUT2D eigenvalue weighted by Crippen LogP contribution is -2.59. The standard InChI is InChI=1S/C22H39N5O5/c1-19(2,3)15-14-27(26-25-15)18(30)24-13-11-10-12-22(23,16(28)31-20(4,5)6)17(29)32-21(7,8)9/h14H,10-13,23H2,1-9H3,(H,24,30). The van der Waals surface area contributed by atoms with Crippen molar-refractivity contribution < 1.29 is 23.9 Å². The molecule has 1 rings (SSSR count). The van der Waals surface area contributed by atoms with Crippen molar-refractivity contribution in [3.05, 3.63) is 11.9 Å². The van der Waals surface area contributed by atoms with Crippen LogP contribution in [-0.2, 0) is 24.5 Å². The Morgan fingerprint density at radius 1 is 0.938 bits per heavy atom. The molecular weight excluding hydrogens is 414 g/mol. The van der Waals surface area contributed by atoms with Crippen molar-refractivity contribution >= 4 is 18.0 Å². The molecule has 0 bridgehead atoms. The summed E-state index contributed by atoms with van der Waals surface area (Å²) in [6, 6.07) is -0.411. The summed E-state index contributed by atoms with van der Waals surface area (Å²) >= 11 is 0. The fourth-order valence-corrected chi connectivity index (χ4v) is 2.54. The molecule has 1 aromatic rings. The summed E-state index contributed by atoms with van der Waals surface area (Å²) in [4.78, 5) is 37.7. The van der Waals surface area contributed by atoms with Crippen molar-refractivity contribution in [2.24, 2.45) is 5.73 Å². The quantitative estimate of drug-likeness (QED) is 0.365. The Labute approximate surface area is 190 Å². The largest absolute Gasteiger partial charge is 0.458 e. The second kappa shape index (κ2) is 9.97. The van der Waals surface area contributed by atoms with Gasteiger partial charge in [0.15, 0.2) is 0 Å². The zero-order chi connectivity index (χ0) is 25.0. The van der Waals surface area contributed by atoms with Crippen molar-refractivity contribution in [1.29, 1.82) is 0 Å². The molecule has 0 fully saturated rings. The van der Waals surface area contributed by atoms with Gasteiger partial charge in [-0.25, -0.2) is 14.4 Å². The van der Waals surface area contributed by atoms with Crippen LogP contribution in [0.3, 0.4) is 0 Å². The van der Waals surface area contributed by atoms with E-state index in [1.807, 2.05) is 20.8 Å². The highest BCUT2D eigenvalue weighted by atomic mass is 16.6. The summed E-state index contributed by atoms with van der Waals surface area (Å²) in [6.07, 6.45) is 2.48. The number of hydrogen-bond acceptors (Lipinski definition) is 8. The fourth-order valence-electron chi connectivity index (χ4n) is 2.54. The van der Waals surface area contributed by atoms with Gasteiger partial charge in [0.05, 0.1) is 11.9 Å². The Balaban J connectivity index is 2.70. The maximum absolute atomic E-state index is 12.7. The van der Waals surface area contributed by atoms with Gasteiger partial charge in [-0.05, 0) is 60.8 Å². The molecule has 0 aliphatic rings. The van der Waals surface area contributed by atoms with Crippen LogP contribution >= 0.6 is 0 Å². The summed E-state index contributed by atoms with van der Waals surface area (Å²) in [5.41, 5.74) is 3.16. The molecule has 10 heteroatoms. The van der Waals surface area contributed by atoms with Gasteiger partial charge >= 0.3 is 18.0 Å². The summed E-state index contributed by atoms with van der Waals surface area (Å²) < 4.78 is 11.9. The predicted octanol–water partition coefficient (Wildman–Crippen LogP) is 2.68. The third-order valence-electron chi connectivity index (χ3n) is 4.27. The van der Waals surface area contributed by atoms with Gasteiger partial charge < -0.3 is 20.5 Å². The van der Waals surface area contributed by atoms with Gasteiger partial charge in [-0.2, -0.15) is 4.68 Å². The molecule has 182 valence electrons. The minimum atomic E-state index is -1.93. The van der Waals surface area contributed by atoms with E-state index in [1.54, 1.807) is 47.7 Å². The van der Waals surface area contributed by atoms with E-state index < -0.39 is 34.7 Å². The van der Waals surface area contributed by atoms with E-state index in [2.05, 4.69) is 15.6 Å². The SMILES string of the molecule is CC(C)(C)OC(=O)C(N)(CCCCNC(=O)n1cc(C(C)(C)C)nn1)C(=O)OC(C)(C)C. The Hall–Kier alpha value is -2.49. The van der Waals surface area contributed by atoms with Crippen LogP contribution in [0, 0.1) is 0 Å². The highest BCUT2D eigenvalue weighted by molar-refractivity contribution is 6.04. The number of ether oxygens (including phenoxy) is 2. The van der Waals surface area contributed by atoms with Crippen molar-refractivity contribution in [3.8, 4) is 0 Å². The lowest BCUT2D eigenvalue weighted by Gasteiger charge is -2.32. The minimum Gasteiger partial charge on any atom is -0.458 e. The monoisotopic (exact) mass is 453 g/mol. The van der Waals surface area contributed by atoms with Crippen molar-refractivity contribution in [1.82, 2.24) is 20.3 Å². The number of unbranched alkanes of at least 4 members (excludes halogenated alkanes) is 1. The van der Waals surface area contributed by atoms with Gasteiger partial charge in [-0.15, -0.1) is 5.10 Å². The third kappa shape index (κ3) is 8.57. The molecule has 1 aromatic heterocycles. The van der Waals surface area contributed by atoms with E-state index in [0.717, 1.165) is 4.68 Å². The van der Waals surface area contributed by atoms with E-state index >= 15 is 0 Å². The Bertz CT molecular complexity index is 784. The Morgan fingerprint density at radius 3 is 1.84 bits per heavy atom. The van der Waals surface area contributed by atoms with Crippen molar-refractivity contribution in [3.63, 3.8) is 0 Å². The van der Waals surface area contributed by atoms with Gasteiger partial charge in [0.2, 0.25) is 5.54 Å². The molecule has 1 amide bonds. The second-order valence-corrected chi connectivity index (χ2v) is 11.0. The van der Waals surface area contributed by atoms with Crippen LogP contribution in [0.1, 0.15) is 87.3 Å². The maximum atomic E-state index is 12.7. The van der Waals surface area contributed by atoms with Gasteiger partial charge in [-0.1, -0.05) is 26.0 Å². The van der Waals surface area contributed by atoms with E-state index in [4.69, 9.17) is 15.2 Å². The van der Waals surface area contributed by atoms with Crippen LogP contribution in [0.5, 0.6) is 0 Å². The highest BCUT2D eigenvalue weighted by Gasteiger charge is 2.47. The number of esters is 2. The van der Waals surface area contributed by atoms with Gasteiger partial charge in [0.1, 0.15) is 11.2 Å². The summed E-state index contributed by atoms with van der Waals surface area (Å²) in [5.74, 6) is -1.67. The van der Waals surface area contributed by atoms with Crippen LogP contribution in [0.4, 0.5) is 4.79 Å². The van der Waals surface area contributed by atoms with E-state index in [9.17, 15) is 14.4 Å². The van der Waals surface area contributed by atoms with E-state index in [0.29, 0.717) is 25.1 Å². The molecule has 0 aromatic carbocycles. The first-order valence-electron chi connectivity index (χ1n) is 10.8. The minimum absolute atomic E-state index is 0.0181. The maximum Gasteiger partial charge on any atom is 0.343 e. The molecule has 0 spiro atoms.